The van der Waals surface area contributed by atoms with E-state index in [2.05, 4.69) is 45.2 Å². The van der Waals surface area contributed by atoms with E-state index in [4.69, 9.17) is 14.5 Å². The molecule has 0 aliphatic rings. The number of ether oxygens (including phenoxy) is 2. The van der Waals surface area contributed by atoms with Crippen LogP contribution >= 0.6 is 11.3 Å². The fourth-order valence-corrected chi connectivity index (χ4v) is 3.82. The lowest BCUT2D eigenvalue weighted by atomic mass is 10.1. The third kappa shape index (κ3) is 4.41. The van der Waals surface area contributed by atoms with Gasteiger partial charge in [0.05, 0.1) is 25.6 Å². The van der Waals surface area contributed by atoms with E-state index in [-0.39, 0.29) is 0 Å². The van der Waals surface area contributed by atoms with E-state index in [0.29, 0.717) is 18.0 Å². The number of aryl methyl sites for hydroxylation is 1. The predicted molar refractivity (Wildman–Crippen MR) is 120 cm³/mol. The maximum absolute atomic E-state index is 5.40. The Morgan fingerprint density at radius 1 is 0.867 bits per heavy atom. The summed E-state index contributed by atoms with van der Waals surface area (Å²) in [5, 5.41) is 14.5. The first-order valence-corrected chi connectivity index (χ1v) is 10.4. The van der Waals surface area contributed by atoms with Crippen molar-refractivity contribution in [2.45, 2.75) is 13.5 Å². The molecule has 1 N–H and O–H groups in total. The molecule has 0 unspecified atom stereocenters. The van der Waals surface area contributed by atoms with Gasteiger partial charge in [-0.3, -0.25) is 0 Å². The molecule has 0 saturated heterocycles. The van der Waals surface area contributed by atoms with Crippen LogP contribution in [-0.4, -0.2) is 29.4 Å². The molecule has 0 spiro atoms. The van der Waals surface area contributed by atoms with E-state index in [1.165, 1.54) is 0 Å². The Balaban J connectivity index is 1.46. The third-order valence-electron chi connectivity index (χ3n) is 4.66. The van der Waals surface area contributed by atoms with Crippen molar-refractivity contribution in [3.63, 3.8) is 0 Å². The third-order valence-corrected chi connectivity index (χ3v) is 5.55. The average Bonchev–Trinajstić information content (AvgIpc) is 3.29. The maximum atomic E-state index is 5.40. The number of hydrogen-bond donors (Lipinski definition) is 1. The van der Waals surface area contributed by atoms with Gasteiger partial charge in [0.25, 0.3) is 0 Å². The number of thiazole rings is 1. The lowest BCUT2D eigenvalue weighted by Crippen LogP contribution is -2.02. The molecule has 152 valence electrons. The molecule has 0 aliphatic heterocycles. The Hall–Kier alpha value is -3.45. The zero-order valence-corrected chi connectivity index (χ0v) is 17.9. The van der Waals surface area contributed by atoms with E-state index >= 15 is 0 Å². The van der Waals surface area contributed by atoms with Gasteiger partial charge in [0.2, 0.25) is 0 Å². The maximum Gasteiger partial charge on any atom is 0.161 e. The smallest absolute Gasteiger partial charge is 0.161 e. The van der Waals surface area contributed by atoms with Gasteiger partial charge in [0.1, 0.15) is 10.8 Å². The molecule has 2 aromatic heterocycles. The standard InChI is InChI=1S/C23H22N4O2S/c1-15-4-11-22(27-26-15)24-13-16-5-7-17(8-6-16)23-25-19(14-30-23)18-9-10-20(28-2)21(12-18)29-3/h4-12,14H,13H2,1-3H3,(H,24,27). The Bertz CT molecular complexity index is 1120. The number of benzene rings is 2. The topological polar surface area (TPSA) is 69.2 Å². The molecule has 4 aromatic rings. The van der Waals surface area contributed by atoms with Gasteiger partial charge in [-0.25, -0.2) is 4.98 Å². The highest BCUT2D eigenvalue weighted by atomic mass is 32.1. The summed E-state index contributed by atoms with van der Waals surface area (Å²) < 4.78 is 10.7. The fourth-order valence-electron chi connectivity index (χ4n) is 2.99. The molecule has 6 nitrogen and oxygen atoms in total. The molecule has 0 aliphatic carbocycles. The second kappa shape index (κ2) is 8.92. The Morgan fingerprint density at radius 2 is 1.63 bits per heavy atom. The van der Waals surface area contributed by atoms with Crippen molar-refractivity contribution < 1.29 is 9.47 Å². The van der Waals surface area contributed by atoms with Crippen molar-refractivity contribution in [1.29, 1.82) is 0 Å². The number of rotatable bonds is 7. The van der Waals surface area contributed by atoms with Crippen LogP contribution in [-0.2, 0) is 6.54 Å². The van der Waals surface area contributed by atoms with Crippen LogP contribution in [0.3, 0.4) is 0 Å². The van der Waals surface area contributed by atoms with Crippen molar-refractivity contribution >= 4 is 17.2 Å². The van der Waals surface area contributed by atoms with Crippen LogP contribution in [0.25, 0.3) is 21.8 Å². The van der Waals surface area contributed by atoms with Crippen molar-refractivity contribution in [3.05, 3.63) is 71.2 Å². The summed E-state index contributed by atoms with van der Waals surface area (Å²) in [5.41, 5.74) is 5.07. The highest BCUT2D eigenvalue weighted by molar-refractivity contribution is 7.13. The summed E-state index contributed by atoms with van der Waals surface area (Å²) in [6.45, 7) is 2.61. The second-order valence-corrected chi connectivity index (χ2v) is 7.58. The number of aromatic nitrogens is 3. The molecule has 0 amide bonds. The predicted octanol–water partition coefficient (Wildman–Crippen LogP) is 5.20. The molecule has 4 rings (SSSR count). The number of nitrogens with zero attached hydrogens (tertiary/aromatic N) is 3. The molecule has 0 radical (unpaired) electrons. The number of hydrogen-bond acceptors (Lipinski definition) is 7. The Kier molecular flexibility index (Phi) is 5.90. The van der Waals surface area contributed by atoms with Crippen molar-refractivity contribution in [2.75, 3.05) is 19.5 Å². The largest absolute Gasteiger partial charge is 0.493 e. The van der Waals surface area contributed by atoms with E-state index in [9.17, 15) is 0 Å². The van der Waals surface area contributed by atoms with E-state index in [1.807, 2.05) is 37.3 Å². The van der Waals surface area contributed by atoms with Crippen LogP contribution in [0.2, 0.25) is 0 Å². The van der Waals surface area contributed by atoms with Gasteiger partial charge in [-0.1, -0.05) is 24.3 Å². The molecule has 2 heterocycles. The number of nitrogens with one attached hydrogen (secondary N) is 1. The molecule has 0 saturated carbocycles. The minimum Gasteiger partial charge on any atom is -0.493 e. The summed E-state index contributed by atoms with van der Waals surface area (Å²) >= 11 is 1.62. The SMILES string of the molecule is COc1ccc(-c2csc(-c3ccc(CNc4ccc(C)nn4)cc3)n2)cc1OC. The van der Waals surface area contributed by atoms with E-state index in [1.54, 1.807) is 25.6 Å². The summed E-state index contributed by atoms with van der Waals surface area (Å²) in [4.78, 5) is 4.80. The molecule has 30 heavy (non-hydrogen) atoms. The zero-order valence-electron chi connectivity index (χ0n) is 17.0. The molecule has 0 bridgehead atoms. The van der Waals surface area contributed by atoms with Gasteiger partial charge >= 0.3 is 0 Å². The number of methoxy groups -OCH3 is 2. The van der Waals surface area contributed by atoms with E-state index < -0.39 is 0 Å². The molecular formula is C23H22N4O2S. The van der Waals surface area contributed by atoms with Crippen LogP contribution in [0.4, 0.5) is 5.82 Å². The second-order valence-electron chi connectivity index (χ2n) is 6.72. The van der Waals surface area contributed by atoms with Crippen molar-refractivity contribution in [1.82, 2.24) is 15.2 Å². The van der Waals surface area contributed by atoms with Gasteiger partial charge < -0.3 is 14.8 Å². The van der Waals surface area contributed by atoms with Crippen molar-refractivity contribution in [3.8, 4) is 33.3 Å². The summed E-state index contributed by atoms with van der Waals surface area (Å²) in [6, 6.07) is 18.1. The van der Waals surface area contributed by atoms with Crippen LogP contribution < -0.4 is 14.8 Å². The first-order valence-electron chi connectivity index (χ1n) is 9.47. The molecule has 7 heteroatoms. The van der Waals surface area contributed by atoms with Crippen LogP contribution in [0, 0.1) is 6.92 Å². The minimum absolute atomic E-state index is 0.687. The van der Waals surface area contributed by atoms with Gasteiger partial charge in [-0.2, -0.15) is 5.10 Å². The van der Waals surface area contributed by atoms with E-state index in [0.717, 1.165) is 38.9 Å². The van der Waals surface area contributed by atoms with Gasteiger partial charge in [0, 0.05) is 23.1 Å². The monoisotopic (exact) mass is 418 g/mol. The van der Waals surface area contributed by atoms with Crippen LogP contribution in [0.15, 0.2) is 60.0 Å². The average molecular weight is 419 g/mol. The summed E-state index contributed by atoms with van der Waals surface area (Å²) in [6.07, 6.45) is 0. The molecule has 0 atom stereocenters. The van der Waals surface area contributed by atoms with Gasteiger partial charge in [0.15, 0.2) is 11.5 Å². The van der Waals surface area contributed by atoms with Gasteiger partial charge in [-0.15, -0.1) is 16.4 Å². The van der Waals surface area contributed by atoms with Crippen molar-refractivity contribution in [2.24, 2.45) is 0 Å². The minimum atomic E-state index is 0.687. The fraction of sp³-hybridized carbons (Fsp3) is 0.174. The molecule has 2 aromatic carbocycles. The molecule has 0 fully saturated rings. The highest BCUT2D eigenvalue weighted by Gasteiger charge is 2.10. The zero-order chi connectivity index (χ0) is 20.9. The Morgan fingerprint density at radius 3 is 2.33 bits per heavy atom. The normalized spacial score (nSPS) is 10.6. The van der Waals surface area contributed by atoms with Crippen LogP contribution in [0.5, 0.6) is 11.5 Å². The highest BCUT2D eigenvalue weighted by Crippen LogP contribution is 2.34. The summed E-state index contributed by atoms with van der Waals surface area (Å²) in [7, 11) is 3.27. The summed E-state index contributed by atoms with van der Waals surface area (Å²) in [5.74, 6) is 2.17. The lowest BCUT2D eigenvalue weighted by Gasteiger charge is -2.08. The molecular weight excluding hydrogens is 396 g/mol. The van der Waals surface area contributed by atoms with Crippen LogP contribution in [0.1, 0.15) is 11.3 Å². The lowest BCUT2D eigenvalue weighted by molar-refractivity contribution is 0.355. The first-order chi connectivity index (χ1) is 14.7. The van der Waals surface area contributed by atoms with Gasteiger partial charge in [-0.05, 0) is 42.8 Å². The quantitative estimate of drug-likeness (QED) is 0.445. The number of anilines is 1. The Labute approximate surface area is 179 Å². The first kappa shape index (κ1) is 19.8.